The van der Waals surface area contributed by atoms with Crippen molar-refractivity contribution in [3.63, 3.8) is 0 Å². The lowest BCUT2D eigenvalue weighted by Crippen LogP contribution is -2.31. The van der Waals surface area contributed by atoms with Crippen LogP contribution in [0, 0.1) is 25.2 Å². The molecule has 5 heteroatoms. The highest BCUT2D eigenvalue weighted by Gasteiger charge is 2.21. The number of aryl methyl sites for hydroxylation is 2. The second kappa shape index (κ2) is 5.50. The van der Waals surface area contributed by atoms with Crippen LogP contribution in [0.25, 0.3) is 0 Å². The topological polar surface area (TPSA) is 77.2 Å². The smallest absolute Gasteiger partial charge is 0.339 e. The molecule has 96 valence electrons. The van der Waals surface area contributed by atoms with Gasteiger partial charge in [-0.3, -0.25) is 0 Å². The first kappa shape index (κ1) is 14.0. The number of carboxylic acid groups (broad SMARTS) is 1. The monoisotopic (exact) mass is 247 g/mol. The lowest BCUT2D eigenvalue weighted by Gasteiger charge is -2.26. The van der Waals surface area contributed by atoms with Gasteiger partial charge in [0.1, 0.15) is 11.4 Å². The van der Waals surface area contributed by atoms with Gasteiger partial charge < -0.3 is 10.0 Å². The summed E-state index contributed by atoms with van der Waals surface area (Å²) in [5.74, 6) is -0.575. The lowest BCUT2D eigenvalue weighted by atomic mass is 10.1. The average Bonchev–Trinajstić information content (AvgIpc) is 2.26. The van der Waals surface area contributed by atoms with Crippen LogP contribution in [-0.4, -0.2) is 29.1 Å². The Labute approximate surface area is 107 Å². The highest BCUT2D eigenvalue weighted by Crippen LogP contribution is 2.23. The number of aromatic nitrogens is 1. The molecule has 0 fully saturated rings. The van der Waals surface area contributed by atoms with Crippen molar-refractivity contribution in [2.75, 3.05) is 11.9 Å². The van der Waals surface area contributed by atoms with E-state index >= 15 is 0 Å². The van der Waals surface area contributed by atoms with Crippen molar-refractivity contribution >= 4 is 11.8 Å². The molecule has 1 unspecified atom stereocenters. The van der Waals surface area contributed by atoms with E-state index in [1.807, 2.05) is 13.8 Å². The molecule has 1 atom stereocenters. The molecule has 0 bridgehead atoms. The summed E-state index contributed by atoms with van der Waals surface area (Å²) in [6.07, 6.45) is 0.324. The quantitative estimate of drug-likeness (QED) is 0.881. The van der Waals surface area contributed by atoms with Crippen molar-refractivity contribution < 1.29 is 9.90 Å². The normalized spacial score (nSPS) is 11.7. The van der Waals surface area contributed by atoms with Gasteiger partial charge in [0, 0.05) is 18.8 Å². The van der Waals surface area contributed by atoms with E-state index in [2.05, 4.69) is 11.1 Å². The molecule has 0 aliphatic rings. The molecule has 1 aromatic heterocycles. The van der Waals surface area contributed by atoms with Crippen LogP contribution in [0.15, 0.2) is 6.07 Å². The van der Waals surface area contributed by atoms with Crippen molar-refractivity contribution in [1.29, 1.82) is 5.26 Å². The van der Waals surface area contributed by atoms with Crippen LogP contribution >= 0.6 is 0 Å². The second-order valence-corrected chi connectivity index (χ2v) is 4.41. The van der Waals surface area contributed by atoms with Gasteiger partial charge in [-0.25, -0.2) is 9.78 Å². The molecule has 18 heavy (non-hydrogen) atoms. The fourth-order valence-electron chi connectivity index (χ4n) is 1.81. The highest BCUT2D eigenvalue weighted by molar-refractivity contribution is 5.95. The van der Waals surface area contributed by atoms with Gasteiger partial charge in [-0.05, 0) is 32.4 Å². The molecule has 0 saturated heterocycles. The molecule has 0 saturated carbocycles. The molecule has 0 spiro atoms. The molecule has 0 aromatic carbocycles. The van der Waals surface area contributed by atoms with Gasteiger partial charge in [-0.1, -0.05) is 0 Å². The zero-order valence-electron chi connectivity index (χ0n) is 11.1. The zero-order chi connectivity index (χ0) is 13.9. The van der Waals surface area contributed by atoms with Crippen molar-refractivity contribution in [2.24, 2.45) is 0 Å². The number of nitriles is 1. The molecule has 1 aromatic rings. The summed E-state index contributed by atoms with van der Waals surface area (Å²) in [4.78, 5) is 17.3. The van der Waals surface area contributed by atoms with E-state index in [1.54, 1.807) is 24.9 Å². The highest BCUT2D eigenvalue weighted by atomic mass is 16.4. The van der Waals surface area contributed by atoms with E-state index < -0.39 is 5.97 Å². The maximum Gasteiger partial charge on any atom is 0.339 e. The summed E-state index contributed by atoms with van der Waals surface area (Å²) in [7, 11) is 1.76. The molecule has 0 amide bonds. The predicted octanol–water partition coefficient (Wildman–Crippen LogP) is 2.14. The number of anilines is 1. The number of hydrogen-bond donors (Lipinski definition) is 1. The SMILES string of the molecule is Cc1cc(C)c(C(=O)O)c(N(C)C(C)CC#N)n1. The number of carboxylic acids is 1. The van der Waals surface area contributed by atoms with Crippen molar-refractivity contribution in [3.05, 3.63) is 22.9 Å². The summed E-state index contributed by atoms with van der Waals surface area (Å²) in [6.45, 7) is 5.45. The predicted molar refractivity (Wildman–Crippen MR) is 68.8 cm³/mol. The Hall–Kier alpha value is -2.09. The van der Waals surface area contributed by atoms with Gasteiger partial charge in [0.15, 0.2) is 0 Å². The molecule has 0 aliphatic carbocycles. The standard InChI is InChI=1S/C13H17N3O2/c1-8-7-9(2)15-12(11(8)13(17)18)16(4)10(3)5-6-14/h7,10H,5H2,1-4H3,(H,17,18). The third kappa shape index (κ3) is 2.77. The van der Waals surface area contributed by atoms with Crippen molar-refractivity contribution in [2.45, 2.75) is 33.2 Å². The number of carbonyl (C=O) groups is 1. The van der Waals surface area contributed by atoms with Gasteiger partial charge in [-0.2, -0.15) is 5.26 Å². The number of aromatic carboxylic acids is 1. The fourth-order valence-corrected chi connectivity index (χ4v) is 1.81. The van der Waals surface area contributed by atoms with Crippen LogP contribution in [0.1, 0.15) is 35.0 Å². The van der Waals surface area contributed by atoms with E-state index in [1.165, 1.54) is 0 Å². The Morgan fingerprint density at radius 2 is 2.22 bits per heavy atom. The Bertz CT molecular complexity index is 506. The van der Waals surface area contributed by atoms with E-state index in [0.717, 1.165) is 5.69 Å². The summed E-state index contributed by atoms with van der Waals surface area (Å²) >= 11 is 0. The Morgan fingerprint density at radius 3 is 2.72 bits per heavy atom. The molecular formula is C13H17N3O2. The third-order valence-corrected chi connectivity index (χ3v) is 2.92. The van der Waals surface area contributed by atoms with Crippen molar-refractivity contribution in [1.82, 2.24) is 4.98 Å². The van der Waals surface area contributed by atoms with Crippen molar-refractivity contribution in [3.8, 4) is 6.07 Å². The minimum Gasteiger partial charge on any atom is -0.478 e. The van der Waals surface area contributed by atoms with Crippen LogP contribution in [0.3, 0.4) is 0 Å². The molecule has 0 aliphatic heterocycles. The number of rotatable bonds is 4. The zero-order valence-corrected chi connectivity index (χ0v) is 11.1. The summed E-state index contributed by atoms with van der Waals surface area (Å²) in [5, 5.41) is 18.0. The van der Waals surface area contributed by atoms with Crippen LogP contribution in [0.4, 0.5) is 5.82 Å². The molecule has 0 radical (unpaired) electrons. The number of hydrogen-bond acceptors (Lipinski definition) is 4. The average molecular weight is 247 g/mol. The maximum absolute atomic E-state index is 11.3. The minimum atomic E-state index is -0.994. The van der Waals surface area contributed by atoms with Crippen LogP contribution in [-0.2, 0) is 0 Å². The van der Waals surface area contributed by atoms with Gasteiger partial charge in [0.25, 0.3) is 0 Å². The Kier molecular flexibility index (Phi) is 4.27. The van der Waals surface area contributed by atoms with E-state index in [0.29, 0.717) is 17.8 Å². The Morgan fingerprint density at radius 1 is 1.61 bits per heavy atom. The molecular weight excluding hydrogens is 230 g/mol. The summed E-state index contributed by atoms with van der Waals surface area (Å²) < 4.78 is 0. The van der Waals surface area contributed by atoms with Crippen LogP contribution in [0.2, 0.25) is 0 Å². The number of nitrogens with zero attached hydrogens (tertiary/aromatic N) is 3. The largest absolute Gasteiger partial charge is 0.478 e. The first-order valence-electron chi connectivity index (χ1n) is 5.69. The number of pyridine rings is 1. The van der Waals surface area contributed by atoms with Gasteiger partial charge in [0.2, 0.25) is 0 Å². The van der Waals surface area contributed by atoms with E-state index in [4.69, 9.17) is 5.26 Å². The first-order valence-corrected chi connectivity index (χ1v) is 5.69. The lowest BCUT2D eigenvalue weighted by molar-refractivity contribution is 0.0696. The second-order valence-electron chi connectivity index (χ2n) is 4.41. The Balaban J connectivity index is 3.30. The summed E-state index contributed by atoms with van der Waals surface area (Å²) in [5.41, 5.74) is 1.65. The minimum absolute atomic E-state index is 0.0817. The maximum atomic E-state index is 11.3. The van der Waals surface area contributed by atoms with Gasteiger partial charge in [0.05, 0.1) is 12.5 Å². The molecule has 1 N–H and O–H groups in total. The first-order chi connectivity index (χ1) is 8.38. The van der Waals surface area contributed by atoms with Crippen LogP contribution < -0.4 is 4.90 Å². The van der Waals surface area contributed by atoms with E-state index in [9.17, 15) is 9.90 Å². The van der Waals surface area contributed by atoms with Gasteiger partial charge >= 0.3 is 5.97 Å². The molecule has 1 rings (SSSR count). The molecule has 5 nitrogen and oxygen atoms in total. The van der Waals surface area contributed by atoms with Crippen LogP contribution in [0.5, 0.6) is 0 Å². The fraction of sp³-hybridized carbons (Fsp3) is 0.462. The van der Waals surface area contributed by atoms with Gasteiger partial charge in [-0.15, -0.1) is 0 Å². The summed E-state index contributed by atoms with van der Waals surface area (Å²) in [6, 6.07) is 3.74. The third-order valence-electron chi connectivity index (χ3n) is 2.92. The molecule has 1 heterocycles. The van der Waals surface area contributed by atoms with E-state index in [-0.39, 0.29) is 11.6 Å².